The molecule has 1 aliphatic carbocycles. The molecule has 0 unspecified atom stereocenters. The number of esters is 1. The number of carbonyl (C=O) groups excluding carboxylic acids is 1. The van der Waals surface area contributed by atoms with E-state index in [1.807, 2.05) is 12.1 Å². The van der Waals surface area contributed by atoms with Crippen molar-refractivity contribution in [2.45, 2.75) is 32.7 Å². The minimum absolute atomic E-state index is 0.0634. The van der Waals surface area contributed by atoms with Crippen LogP contribution in [0, 0.1) is 0 Å². The van der Waals surface area contributed by atoms with E-state index in [9.17, 15) is 4.79 Å². The van der Waals surface area contributed by atoms with E-state index in [1.165, 1.54) is 29.2 Å². The Bertz CT molecular complexity index is 999. The molecule has 0 saturated carbocycles. The Hall–Kier alpha value is -2.55. The van der Waals surface area contributed by atoms with Gasteiger partial charge in [-0.15, -0.1) is 0 Å². The van der Waals surface area contributed by atoms with Gasteiger partial charge >= 0.3 is 5.97 Å². The fraction of sp³-hybridized carbons (Fsp3) is 0.286. The van der Waals surface area contributed by atoms with E-state index in [2.05, 4.69) is 50.4 Å². The van der Waals surface area contributed by atoms with Crippen LogP contribution < -0.4 is 15.8 Å². The standard InChI is InChI=1S/C21H21NO2/c1-12-11-21(2,3)22-19-9-13-8-18-14(17(13)10-16(12)19)6-5-7-15(18)20(23)24-4/h5-10,22H,11H2,1-4H3. The molecular weight excluding hydrogens is 298 g/mol. The highest BCUT2D eigenvalue weighted by Crippen LogP contribution is 2.31. The zero-order chi connectivity index (χ0) is 17.1. The van der Waals surface area contributed by atoms with Crippen LogP contribution >= 0.6 is 0 Å². The lowest BCUT2D eigenvalue weighted by Gasteiger charge is -2.32. The Morgan fingerprint density at radius 2 is 2.00 bits per heavy atom. The Balaban J connectivity index is 1.98. The van der Waals surface area contributed by atoms with Gasteiger partial charge in [0.15, 0.2) is 0 Å². The molecule has 0 spiro atoms. The second-order valence-electron chi connectivity index (χ2n) is 7.35. The minimum atomic E-state index is -0.289. The largest absolute Gasteiger partial charge is 0.465 e. The van der Waals surface area contributed by atoms with Gasteiger partial charge in [0.05, 0.1) is 12.7 Å². The Kier molecular flexibility index (Phi) is 3.11. The molecule has 4 rings (SSSR count). The molecule has 0 aromatic heterocycles. The van der Waals surface area contributed by atoms with Crippen LogP contribution in [0.4, 0.5) is 5.69 Å². The van der Waals surface area contributed by atoms with Crippen LogP contribution in [0.2, 0.25) is 0 Å². The van der Waals surface area contributed by atoms with E-state index in [-0.39, 0.29) is 11.5 Å². The highest BCUT2D eigenvalue weighted by Gasteiger charge is 2.25. The van der Waals surface area contributed by atoms with Crippen LogP contribution in [0.25, 0.3) is 22.8 Å². The second-order valence-corrected chi connectivity index (χ2v) is 7.35. The maximum absolute atomic E-state index is 12.1. The van der Waals surface area contributed by atoms with E-state index in [1.54, 1.807) is 0 Å². The first-order chi connectivity index (χ1) is 11.4. The number of nitrogens with one attached hydrogen (secondary N) is 1. The summed E-state index contributed by atoms with van der Waals surface area (Å²) in [6.45, 7) is 6.65. The molecular formula is C21H21NO2. The first-order valence-electron chi connectivity index (χ1n) is 8.25. The van der Waals surface area contributed by atoms with Crippen molar-refractivity contribution in [3.05, 3.63) is 51.9 Å². The predicted octanol–water partition coefficient (Wildman–Crippen LogP) is 3.05. The Morgan fingerprint density at radius 3 is 2.75 bits per heavy atom. The summed E-state index contributed by atoms with van der Waals surface area (Å²) in [5.74, 6) is -0.289. The molecule has 2 aliphatic rings. The van der Waals surface area contributed by atoms with Crippen LogP contribution in [0.5, 0.6) is 0 Å². The highest BCUT2D eigenvalue weighted by atomic mass is 16.5. The number of carbonyl (C=O) groups is 1. The zero-order valence-electron chi connectivity index (χ0n) is 14.5. The van der Waals surface area contributed by atoms with E-state index in [0.29, 0.717) is 5.56 Å². The van der Waals surface area contributed by atoms with E-state index >= 15 is 0 Å². The van der Waals surface area contributed by atoms with Gasteiger partial charge in [-0.1, -0.05) is 17.7 Å². The molecule has 0 fully saturated rings. The van der Waals surface area contributed by atoms with Crippen molar-refractivity contribution < 1.29 is 9.53 Å². The van der Waals surface area contributed by atoms with Gasteiger partial charge in [-0.3, -0.25) is 0 Å². The van der Waals surface area contributed by atoms with Crippen molar-refractivity contribution in [1.29, 1.82) is 0 Å². The molecule has 122 valence electrons. The Morgan fingerprint density at radius 1 is 1.21 bits per heavy atom. The summed E-state index contributed by atoms with van der Waals surface area (Å²) >= 11 is 0. The number of hydrogen-bond acceptors (Lipinski definition) is 3. The van der Waals surface area contributed by atoms with E-state index in [4.69, 9.17) is 4.74 Å². The molecule has 3 nitrogen and oxygen atoms in total. The first-order valence-corrected chi connectivity index (χ1v) is 8.25. The van der Waals surface area contributed by atoms with Crippen LogP contribution in [0.1, 0.15) is 43.1 Å². The quantitative estimate of drug-likeness (QED) is 0.701. The molecule has 0 amide bonds. The van der Waals surface area contributed by atoms with E-state index in [0.717, 1.165) is 22.8 Å². The second kappa shape index (κ2) is 4.97. The third-order valence-electron chi connectivity index (χ3n) is 4.93. The lowest BCUT2D eigenvalue weighted by atomic mass is 9.88. The summed E-state index contributed by atoms with van der Waals surface area (Å²) in [6.07, 6.45) is 3.12. The molecule has 2 aromatic rings. The third kappa shape index (κ3) is 2.15. The zero-order valence-corrected chi connectivity index (χ0v) is 14.5. The van der Waals surface area contributed by atoms with Gasteiger partial charge in [0.1, 0.15) is 0 Å². The maximum atomic E-state index is 12.1. The van der Waals surface area contributed by atoms with Crippen molar-refractivity contribution in [2.24, 2.45) is 0 Å². The SMILES string of the molecule is COC(=O)c1cccc2c1C=c1cc3c(cc1-2)=C(C)CC(C)(C)N3. The number of fused-ring (bicyclic) bond motifs is 4. The fourth-order valence-corrected chi connectivity index (χ4v) is 3.99. The lowest BCUT2D eigenvalue weighted by Crippen LogP contribution is -2.39. The minimum Gasteiger partial charge on any atom is -0.465 e. The number of benzene rings is 2. The summed E-state index contributed by atoms with van der Waals surface area (Å²) in [6, 6.07) is 10.3. The molecule has 0 saturated heterocycles. The normalized spacial score (nSPS) is 16.4. The maximum Gasteiger partial charge on any atom is 0.338 e. The molecule has 1 aliphatic heterocycles. The summed E-state index contributed by atoms with van der Waals surface area (Å²) in [4.78, 5) is 12.1. The molecule has 1 N–H and O–H groups in total. The average Bonchev–Trinajstić information content (AvgIpc) is 2.88. The van der Waals surface area contributed by atoms with Crippen LogP contribution in [0.3, 0.4) is 0 Å². The molecule has 0 atom stereocenters. The molecule has 3 heteroatoms. The van der Waals surface area contributed by atoms with Gasteiger partial charge < -0.3 is 10.1 Å². The van der Waals surface area contributed by atoms with Crippen molar-refractivity contribution in [3.8, 4) is 11.1 Å². The first kappa shape index (κ1) is 15.0. The molecule has 0 bridgehead atoms. The molecule has 1 heterocycles. The summed E-state index contributed by atoms with van der Waals surface area (Å²) in [5, 5.41) is 6.07. The monoisotopic (exact) mass is 319 g/mol. The predicted molar refractivity (Wildman–Crippen MR) is 97.4 cm³/mol. The third-order valence-corrected chi connectivity index (χ3v) is 4.93. The van der Waals surface area contributed by atoms with Gasteiger partial charge in [0.25, 0.3) is 0 Å². The van der Waals surface area contributed by atoms with Crippen LogP contribution in [-0.4, -0.2) is 18.6 Å². The van der Waals surface area contributed by atoms with Gasteiger partial charge in [0, 0.05) is 11.2 Å². The van der Waals surface area contributed by atoms with Gasteiger partial charge in [-0.05, 0) is 78.6 Å². The van der Waals surface area contributed by atoms with Crippen molar-refractivity contribution in [2.75, 3.05) is 12.4 Å². The van der Waals surface area contributed by atoms with Crippen LogP contribution in [0.15, 0.2) is 30.3 Å². The summed E-state index contributed by atoms with van der Waals surface area (Å²) in [5.41, 5.74) is 6.51. The fourth-order valence-electron chi connectivity index (χ4n) is 3.99. The summed E-state index contributed by atoms with van der Waals surface area (Å²) in [7, 11) is 1.42. The van der Waals surface area contributed by atoms with Crippen molar-refractivity contribution >= 4 is 23.3 Å². The number of ether oxygens (including phenoxy) is 1. The number of anilines is 1. The van der Waals surface area contributed by atoms with Gasteiger partial charge in [0.2, 0.25) is 0 Å². The molecule has 24 heavy (non-hydrogen) atoms. The average molecular weight is 319 g/mol. The Labute approximate surface area is 141 Å². The van der Waals surface area contributed by atoms with Crippen LogP contribution in [-0.2, 0) is 4.74 Å². The van der Waals surface area contributed by atoms with Crippen molar-refractivity contribution in [1.82, 2.24) is 0 Å². The van der Waals surface area contributed by atoms with Crippen molar-refractivity contribution in [3.63, 3.8) is 0 Å². The number of rotatable bonds is 1. The van der Waals surface area contributed by atoms with Gasteiger partial charge in [-0.2, -0.15) is 0 Å². The smallest absolute Gasteiger partial charge is 0.338 e. The summed E-state index contributed by atoms with van der Waals surface area (Å²) < 4.78 is 4.93. The van der Waals surface area contributed by atoms with E-state index < -0.39 is 0 Å². The molecule has 2 aromatic carbocycles. The number of hydrogen-bond donors (Lipinski definition) is 1. The van der Waals surface area contributed by atoms with Gasteiger partial charge in [-0.25, -0.2) is 4.79 Å². The number of methoxy groups -OCH3 is 1. The molecule has 0 radical (unpaired) electrons. The lowest BCUT2D eigenvalue weighted by molar-refractivity contribution is 0.0600. The highest BCUT2D eigenvalue weighted by molar-refractivity contribution is 5.99. The topological polar surface area (TPSA) is 38.3 Å².